The number of carbonyl (C=O) groups is 1. The number of ether oxygens (including phenoxy) is 3. The van der Waals surface area contributed by atoms with Gasteiger partial charge >= 0.3 is 13.8 Å². The Bertz CT molecular complexity index is 624. The Morgan fingerprint density at radius 2 is 1.70 bits per heavy atom. The van der Waals surface area contributed by atoms with Crippen LogP contribution in [0.4, 0.5) is 0 Å². The zero-order valence-electron chi connectivity index (χ0n) is 17.8. The maximum atomic E-state index is 11.7. The molecule has 0 spiro atoms. The first-order valence-corrected chi connectivity index (χ1v) is 12.7. The van der Waals surface area contributed by atoms with E-state index >= 15 is 0 Å². The summed E-state index contributed by atoms with van der Waals surface area (Å²) < 4.78 is 36.7. The van der Waals surface area contributed by atoms with Gasteiger partial charge in [0, 0.05) is 6.42 Å². The predicted octanol–water partition coefficient (Wildman–Crippen LogP) is 4.06. The zero-order chi connectivity index (χ0) is 21.4. The topological polar surface area (TPSA) is 107 Å². The van der Waals surface area contributed by atoms with Crippen LogP contribution in [0.1, 0.15) is 71.1 Å². The maximum absolute atomic E-state index is 11.7. The second-order valence-electron chi connectivity index (χ2n) is 8.26. The highest BCUT2D eigenvalue weighted by Gasteiger charge is 2.38. The van der Waals surface area contributed by atoms with Crippen LogP contribution in [-0.4, -0.2) is 54.6 Å². The standard InChI is InChI=1S/C21H35O8P/c1-2-17-18(27-17)11-8-9-12-20-19(28-20)10-6-4-3-5-7-13-21(22)25-14-16-15-26-30(23,24)29-16/h8-9,16-20H,2-7,10-15H2,1H3,(H,23,24)/b9-8-. The van der Waals surface area contributed by atoms with Gasteiger partial charge in [0.2, 0.25) is 0 Å². The smallest absolute Gasteiger partial charge is 0.463 e. The third-order valence-electron chi connectivity index (χ3n) is 5.69. The fourth-order valence-corrected chi connectivity index (χ4v) is 4.67. The highest BCUT2D eigenvalue weighted by molar-refractivity contribution is 7.47. The number of epoxide rings is 2. The summed E-state index contributed by atoms with van der Waals surface area (Å²) in [5, 5.41) is 0. The summed E-state index contributed by atoms with van der Waals surface area (Å²) in [6.45, 7) is 2.08. The molecule has 3 fully saturated rings. The van der Waals surface area contributed by atoms with Gasteiger partial charge < -0.3 is 19.1 Å². The monoisotopic (exact) mass is 446 g/mol. The number of hydrogen-bond acceptors (Lipinski definition) is 7. The van der Waals surface area contributed by atoms with Crippen LogP contribution in [0, 0.1) is 0 Å². The average molecular weight is 446 g/mol. The van der Waals surface area contributed by atoms with Gasteiger partial charge in [-0.2, -0.15) is 0 Å². The summed E-state index contributed by atoms with van der Waals surface area (Å²) in [6, 6.07) is 0. The van der Waals surface area contributed by atoms with E-state index in [0.717, 1.165) is 57.8 Å². The van der Waals surface area contributed by atoms with E-state index in [4.69, 9.17) is 23.6 Å². The highest BCUT2D eigenvalue weighted by Crippen LogP contribution is 2.49. The summed E-state index contributed by atoms with van der Waals surface area (Å²) in [7, 11) is -3.92. The van der Waals surface area contributed by atoms with Crippen molar-refractivity contribution in [1.82, 2.24) is 0 Å². The highest BCUT2D eigenvalue weighted by atomic mass is 31.2. The van der Waals surface area contributed by atoms with Gasteiger partial charge in [-0.05, 0) is 32.1 Å². The first kappa shape index (κ1) is 23.9. The molecule has 0 bridgehead atoms. The van der Waals surface area contributed by atoms with Gasteiger partial charge in [0.15, 0.2) is 0 Å². The predicted molar refractivity (Wildman–Crippen MR) is 110 cm³/mol. The lowest BCUT2D eigenvalue weighted by molar-refractivity contribution is -0.146. The third kappa shape index (κ3) is 8.77. The molecule has 3 heterocycles. The number of phosphoric acid groups is 1. The molecule has 1 N–H and O–H groups in total. The number of esters is 1. The van der Waals surface area contributed by atoms with E-state index in [-0.39, 0.29) is 19.2 Å². The Morgan fingerprint density at radius 1 is 1.03 bits per heavy atom. The Hall–Kier alpha value is -0.760. The number of unbranched alkanes of at least 4 members (excludes halogenated alkanes) is 4. The molecular weight excluding hydrogens is 411 g/mol. The molecule has 0 aromatic heterocycles. The Morgan fingerprint density at radius 3 is 2.37 bits per heavy atom. The van der Waals surface area contributed by atoms with Crippen molar-refractivity contribution in [3.05, 3.63) is 12.2 Å². The van der Waals surface area contributed by atoms with Crippen LogP contribution < -0.4 is 0 Å². The molecule has 9 heteroatoms. The molecule has 3 aliphatic rings. The molecule has 0 amide bonds. The van der Waals surface area contributed by atoms with Crippen molar-refractivity contribution in [2.45, 2.75) is 102 Å². The van der Waals surface area contributed by atoms with E-state index < -0.39 is 13.9 Å². The van der Waals surface area contributed by atoms with E-state index in [1.807, 2.05) is 0 Å². The van der Waals surface area contributed by atoms with Gasteiger partial charge in [-0.3, -0.25) is 13.8 Å². The molecule has 30 heavy (non-hydrogen) atoms. The number of carbonyl (C=O) groups excluding carboxylic acids is 1. The van der Waals surface area contributed by atoms with Crippen molar-refractivity contribution >= 4 is 13.8 Å². The van der Waals surface area contributed by atoms with Crippen LogP contribution in [0.3, 0.4) is 0 Å². The van der Waals surface area contributed by atoms with Crippen LogP contribution in [0.5, 0.6) is 0 Å². The van der Waals surface area contributed by atoms with Crippen molar-refractivity contribution in [3.63, 3.8) is 0 Å². The molecule has 0 saturated carbocycles. The fraction of sp³-hybridized carbons (Fsp3) is 0.857. The first-order valence-electron chi connectivity index (χ1n) is 11.2. The Labute approximate surface area is 178 Å². The van der Waals surface area contributed by atoms with Crippen LogP contribution in [0.2, 0.25) is 0 Å². The average Bonchev–Trinajstić information content (AvgIpc) is 3.61. The van der Waals surface area contributed by atoms with Crippen molar-refractivity contribution in [2.75, 3.05) is 13.2 Å². The molecule has 3 saturated heterocycles. The lowest BCUT2D eigenvalue weighted by Crippen LogP contribution is -2.20. The minimum Gasteiger partial charge on any atom is -0.463 e. The van der Waals surface area contributed by atoms with Crippen molar-refractivity contribution in [3.8, 4) is 0 Å². The van der Waals surface area contributed by atoms with E-state index in [1.54, 1.807) is 0 Å². The largest absolute Gasteiger partial charge is 0.472 e. The lowest BCUT2D eigenvalue weighted by Gasteiger charge is -2.08. The molecule has 3 aliphatic heterocycles. The van der Waals surface area contributed by atoms with Gasteiger partial charge in [0.25, 0.3) is 0 Å². The Balaban J connectivity index is 1.08. The molecule has 0 aromatic carbocycles. The fourth-order valence-electron chi connectivity index (χ4n) is 3.76. The minimum atomic E-state index is -3.92. The molecule has 6 unspecified atom stereocenters. The molecule has 172 valence electrons. The summed E-state index contributed by atoms with van der Waals surface area (Å²) >= 11 is 0. The molecule has 0 aromatic rings. The quantitative estimate of drug-likeness (QED) is 0.132. The normalized spacial score (nSPS) is 35.1. The summed E-state index contributed by atoms with van der Waals surface area (Å²) in [5.74, 6) is -0.306. The van der Waals surface area contributed by atoms with E-state index in [0.29, 0.717) is 30.8 Å². The molecule has 8 nitrogen and oxygen atoms in total. The van der Waals surface area contributed by atoms with E-state index in [2.05, 4.69) is 23.6 Å². The maximum Gasteiger partial charge on any atom is 0.472 e. The minimum absolute atomic E-state index is 0.0300. The molecule has 0 aliphatic carbocycles. The number of phosphoric ester groups is 1. The molecule has 3 rings (SSSR count). The van der Waals surface area contributed by atoms with Gasteiger partial charge in [0.1, 0.15) is 12.7 Å². The Kier molecular flexibility index (Phi) is 9.35. The second-order valence-corrected chi connectivity index (χ2v) is 9.66. The summed E-state index contributed by atoms with van der Waals surface area (Å²) in [6.07, 6.45) is 15.3. The summed E-state index contributed by atoms with van der Waals surface area (Å²) in [5.41, 5.74) is 0. The van der Waals surface area contributed by atoms with E-state index in [1.165, 1.54) is 0 Å². The molecule has 0 radical (unpaired) electrons. The molecule has 6 atom stereocenters. The SMILES string of the molecule is CCC1OC1C/C=C\CC1OC1CCCCCCCC(=O)OCC1COP(=O)(O)O1. The van der Waals surface area contributed by atoms with Crippen LogP contribution in [-0.2, 0) is 32.6 Å². The van der Waals surface area contributed by atoms with Crippen LogP contribution >= 0.6 is 7.82 Å². The lowest BCUT2D eigenvalue weighted by atomic mass is 10.1. The van der Waals surface area contributed by atoms with Gasteiger partial charge in [-0.1, -0.05) is 44.8 Å². The van der Waals surface area contributed by atoms with Gasteiger partial charge in [0.05, 0.1) is 31.0 Å². The zero-order valence-corrected chi connectivity index (χ0v) is 18.7. The van der Waals surface area contributed by atoms with E-state index in [9.17, 15) is 9.36 Å². The van der Waals surface area contributed by atoms with Crippen molar-refractivity contribution in [2.24, 2.45) is 0 Å². The van der Waals surface area contributed by atoms with Crippen molar-refractivity contribution < 1.29 is 37.5 Å². The number of rotatable bonds is 15. The van der Waals surface area contributed by atoms with Crippen LogP contribution in [0.15, 0.2) is 12.2 Å². The first-order chi connectivity index (χ1) is 14.5. The second kappa shape index (κ2) is 11.7. The van der Waals surface area contributed by atoms with Crippen molar-refractivity contribution in [1.29, 1.82) is 0 Å². The van der Waals surface area contributed by atoms with Gasteiger partial charge in [-0.15, -0.1) is 0 Å². The van der Waals surface area contributed by atoms with Gasteiger partial charge in [-0.25, -0.2) is 4.57 Å². The number of hydrogen-bond donors (Lipinski definition) is 1. The van der Waals surface area contributed by atoms with Crippen LogP contribution in [0.25, 0.3) is 0 Å². The summed E-state index contributed by atoms with van der Waals surface area (Å²) in [4.78, 5) is 20.8. The third-order valence-corrected chi connectivity index (χ3v) is 6.73. The molecular formula is C21H35O8P.